The second kappa shape index (κ2) is 9.15. The summed E-state index contributed by atoms with van der Waals surface area (Å²) in [6.07, 6.45) is 0. The van der Waals surface area contributed by atoms with E-state index in [2.05, 4.69) is 0 Å². The summed E-state index contributed by atoms with van der Waals surface area (Å²) in [5.74, 6) is 0. The van der Waals surface area contributed by atoms with Crippen molar-refractivity contribution in [2.45, 2.75) is 0 Å². The normalized spacial score (nSPS) is 9.50. The number of rotatable bonds is 0. The summed E-state index contributed by atoms with van der Waals surface area (Å²) in [5.41, 5.74) is 0. The molecular formula is H7KO7P2. The Morgan fingerprint density at radius 3 is 1.00 bits per heavy atom. The van der Waals surface area contributed by atoms with Gasteiger partial charge in [-0.1, -0.05) is 0 Å². The van der Waals surface area contributed by atoms with Crippen LogP contribution in [0.25, 0.3) is 0 Å². The molecule has 0 atom stereocenters. The van der Waals surface area contributed by atoms with Crippen molar-refractivity contribution in [3.63, 3.8) is 0 Å². The van der Waals surface area contributed by atoms with E-state index in [1.165, 1.54) is 0 Å². The number of hydrogen-bond acceptors (Lipinski definition) is 4. The Kier molecular flexibility index (Phi) is 16.4. The molecule has 0 aromatic carbocycles. The number of phosphoric acid groups is 1. The van der Waals surface area contributed by atoms with Crippen LogP contribution in [0.2, 0.25) is 0 Å². The van der Waals surface area contributed by atoms with E-state index in [-0.39, 0.29) is 51.4 Å². The van der Waals surface area contributed by atoms with Gasteiger partial charge in [0, 0.05) is 0 Å². The van der Waals surface area contributed by atoms with Crippen molar-refractivity contribution in [2.24, 2.45) is 0 Å². The van der Waals surface area contributed by atoms with Crippen molar-refractivity contribution in [1.29, 1.82) is 0 Å². The van der Waals surface area contributed by atoms with Gasteiger partial charge in [0.05, 0.1) is 0 Å². The first-order valence-electron chi connectivity index (χ1n) is 1.38. The molecule has 0 rings (SSSR count). The quantitative estimate of drug-likeness (QED) is 0.198. The zero-order valence-corrected chi connectivity index (χ0v) is 5.77. The molecule has 0 aliphatic carbocycles. The summed E-state index contributed by atoms with van der Waals surface area (Å²) in [7, 11) is -7.26. The summed E-state index contributed by atoms with van der Waals surface area (Å²) in [6.45, 7) is 0. The third kappa shape index (κ3) is 195. The minimum atomic E-state index is -4.64. The van der Waals surface area contributed by atoms with Crippen LogP contribution in [-0.4, -0.2) is 80.7 Å². The fourth-order valence-electron chi connectivity index (χ4n) is 0. The fourth-order valence-corrected chi connectivity index (χ4v) is 0. The second-order valence-electron chi connectivity index (χ2n) is 0.782. The van der Waals surface area contributed by atoms with E-state index < -0.39 is 16.4 Å². The van der Waals surface area contributed by atoms with Crippen molar-refractivity contribution in [1.82, 2.24) is 0 Å². The van der Waals surface area contributed by atoms with E-state index in [9.17, 15) is 0 Å². The van der Waals surface area contributed by atoms with E-state index in [1.807, 2.05) is 0 Å². The Bertz CT molecular complexity index is 82.8. The molecule has 0 saturated heterocycles. The minimum absolute atomic E-state index is 0. The molecule has 0 spiro atoms. The molecule has 0 saturated carbocycles. The van der Waals surface area contributed by atoms with Gasteiger partial charge in [0.25, 0.3) is 0 Å². The Labute approximate surface area is 100 Å². The summed E-state index contributed by atoms with van der Waals surface area (Å²) >= 11 is 0. The zero-order valence-electron chi connectivity index (χ0n) is 3.99. The van der Waals surface area contributed by atoms with Crippen LogP contribution >= 0.6 is 16.4 Å². The van der Waals surface area contributed by atoms with Gasteiger partial charge >= 0.3 is 67.8 Å². The first-order valence-corrected chi connectivity index (χ1v) is 4.15. The van der Waals surface area contributed by atoms with Gasteiger partial charge in [0.2, 0.25) is 0 Å². The summed E-state index contributed by atoms with van der Waals surface area (Å²) < 4.78 is 8.88. The summed E-state index contributed by atoms with van der Waals surface area (Å²) in [5, 5.41) is 0. The van der Waals surface area contributed by atoms with Crippen LogP contribution in [0.5, 0.6) is 0 Å². The molecule has 60 valence electrons. The molecule has 0 amide bonds. The standard InChI is InChI=1S/K.H3O4P.H3O3P.H/c;1-5(2,3)4;1-4(2)3;/h;(H3,1,2,3,4);1-3H;. The monoisotopic (exact) mass is 220 g/mol. The predicted octanol–water partition coefficient (Wildman–Crippen LogP) is -2.39. The Morgan fingerprint density at radius 2 is 1.00 bits per heavy atom. The topological polar surface area (TPSA) is 138 Å². The molecule has 0 unspecified atom stereocenters. The molecular weight excluding hydrogens is 213 g/mol. The van der Waals surface area contributed by atoms with Crippen LogP contribution in [0.3, 0.4) is 0 Å². The number of hydrogen-bond donors (Lipinski definition) is 6. The molecule has 0 aliphatic heterocycles. The van der Waals surface area contributed by atoms with Crippen molar-refractivity contribution in [3.05, 3.63) is 0 Å². The van der Waals surface area contributed by atoms with Crippen molar-refractivity contribution < 1.29 is 33.9 Å². The van der Waals surface area contributed by atoms with Crippen LogP contribution in [0.1, 0.15) is 0 Å². The van der Waals surface area contributed by atoms with E-state index in [0.29, 0.717) is 0 Å². The van der Waals surface area contributed by atoms with Gasteiger partial charge in [0.15, 0.2) is 0 Å². The third-order valence-corrected chi connectivity index (χ3v) is 0. The molecule has 0 heterocycles. The van der Waals surface area contributed by atoms with Crippen molar-refractivity contribution in [2.75, 3.05) is 0 Å². The molecule has 7 nitrogen and oxygen atoms in total. The van der Waals surface area contributed by atoms with Crippen molar-refractivity contribution in [3.8, 4) is 0 Å². The molecule has 0 aromatic rings. The molecule has 0 aromatic heterocycles. The Morgan fingerprint density at radius 1 is 1.00 bits per heavy atom. The van der Waals surface area contributed by atoms with Gasteiger partial charge < -0.3 is 29.4 Å². The van der Waals surface area contributed by atoms with Gasteiger partial charge in [-0.15, -0.1) is 0 Å². The third-order valence-electron chi connectivity index (χ3n) is 0. The van der Waals surface area contributed by atoms with Gasteiger partial charge in [-0.05, 0) is 0 Å². The van der Waals surface area contributed by atoms with Crippen LogP contribution in [-0.2, 0) is 4.57 Å². The maximum absolute atomic E-state index is 8.88. The Hall–Kier alpha value is 2.06. The van der Waals surface area contributed by atoms with Crippen LogP contribution in [0.15, 0.2) is 0 Å². The van der Waals surface area contributed by atoms with Crippen LogP contribution in [0.4, 0.5) is 0 Å². The molecule has 0 bridgehead atoms. The average molecular weight is 220 g/mol. The molecule has 0 fully saturated rings. The predicted molar refractivity (Wildman–Crippen MR) is 35.0 cm³/mol. The summed E-state index contributed by atoms with van der Waals surface area (Å²) in [6, 6.07) is 0. The first kappa shape index (κ1) is 18.0. The zero-order chi connectivity index (χ0) is 8.08. The van der Waals surface area contributed by atoms with Crippen molar-refractivity contribution >= 4 is 67.8 Å². The van der Waals surface area contributed by atoms with Crippen LogP contribution < -0.4 is 0 Å². The van der Waals surface area contributed by atoms with E-state index in [4.69, 9.17) is 33.9 Å². The van der Waals surface area contributed by atoms with E-state index in [1.54, 1.807) is 0 Å². The Balaban J connectivity index is -0.0000000910. The van der Waals surface area contributed by atoms with Gasteiger partial charge in [-0.3, -0.25) is 0 Å². The van der Waals surface area contributed by atoms with Crippen LogP contribution in [0, 0.1) is 0 Å². The average Bonchev–Trinajstić information content (AvgIpc) is 1.19. The van der Waals surface area contributed by atoms with Gasteiger partial charge in [0.1, 0.15) is 0 Å². The maximum atomic E-state index is 8.88. The molecule has 10 heteroatoms. The molecule has 0 radical (unpaired) electrons. The molecule has 0 aliphatic rings. The fraction of sp³-hybridized carbons (Fsp3) is 0. The molecule has 6 N–H and O–H groups in total. The second-order valence-corrected chi connectivity index (χ2v) is 2.34. The summed E-state index contributed by atoms with van der Waals surface area (Å²) in [4.78, 5) is 43.3. The van der Waals surface area contributed by atoms with E-state index >= 15 is 0 Å². The molecule has 10 heavy (non-hydrogen) atoms. The van der Waals surface area contributed by atoms with E-state index in [0.717, 1.165) is 0 Å². The van der Waals surface area contributed by atoms with Gasteiger partial charge in [-0.25, -0.2) is 4.57 Å². The van der Waals surface area contributed by atoms with Gasteiger partial charge in [-0.2, -0.15) is 0 Å². The first-order chi connectivity index (χ1) is 3.73. The SMILES string of the molecule is O=P(O)(O)O.OP(O)O.[KH].